The summed E-state index contributed by atoms with van der Waals surface area (Å²) in [6.07, 6.45) is 1.55. The number of nitrogens with zero attached hydrogens (tertiary/aromatic N) is 2. The molecule has 6 heteroatoms. The van der Waals surface area contributed by atoms with Crippen molar-refractivity contribution in [3.05, 3.63) is 15.9 Å². The van der Waals surface area contributed by atoms with E-state index in [0.717, 1.165) is 28.8 Å². The first kappa shape index (κ1) is 16.2. The molecule has 0 aliphatic heterocycles. The smallest absolute Gasteiger partial charge is 0.325 e. The lowest BCUT2D eigenvalue weighted by atomic mass is 9.96. The van der Waals surface area contributed by atoms with Gasteiger partial charge in [0.25, 0.3) is 0 Å². The number of carbonyl (C=O) groups is 1. The third kappa shape index (κ3) is 3.57. The average Bonchev–Trinajstić information content (AvgIpc) is 2.65. The minimum atomic E-state index is -0.637. The molecule has 0 aromatic carbocycles. The van der Waals surface area contributed by atoms with Gasteiger partial charge >= 0.3 is 5.97 Å². The van der Waals surface area contributed by atoms with Gasteiger partial charge in [0.15, 0.2) is 0 Å². The first-order valence-corrected chi connectivity index (χ1v) is 7.12. The Hall–Kier alpha value is -0.880. The van der Waals surface area contributed by atoms with Crippen molar-refractivity contribution >= 4 is 21.9 Å². The van der Waals surface area contributed by atoms with Crippen molar-refractivity contribution in [2.75, 3.05) is 14.2 Å². The lowest BCUT2D eigenvalue weighted by molar-refractivity contribution is -0.148. The predicted molar refractivity (Wildman–Crippen MR) is 78.1 cm³/mol. The summed E-state index contributed by atoms with van der Waals surface area (Å²) in [7, 11) is 3.19. The van der Waals surface area contributed by atoms with Gasteiger partial charge in [0.05, 0.1) is 17.3 Å². The summed E-state index contributed by atoms with van der Waals surface area (Å²) in [5.74, 6) is -0.232. The number of aryl methyl sites for hydroxylation is 2. The van der Waals surface area contributed by atoms with Crippen molar-refractivity contribution in [3.63, 3.8) is 0 Å². The van der Waals surface area contributed by atoms with Crippen LogP contribution in [-0.4, -0.2) is 35.4 Å². The predicted octanol–water partition coefficient (Wildman–Crippen LogP) is 2.19. The highest BCUT2D eigenvalue weighted by Crippen LogP contribution is 2.21. The molecule has 0 fully saturated rings. The summed E-state index contributed by atoms with van der Waals surface area (Å²) in [6.45, 7) is 6.64. The van der Waals surface area contributed by atoms with Gasteiger partial charge in [-0.2, -0.15) is 5.10 Å². The Balaban J connectivity index is 2.62. The normalized spacial score (nSPS) is 14.2. The fraction of sp³-hybridized carbons (Fsp3) is 0.692. The van der Waals surface area contributed by atoms with E-state index in [0.29, 0.717) is 6.42 Å². The number of carbonyl (C=O) groups excluding carboxylic acids is 1. The molecule has 0 spiro atoms. The number of methoxy groups -OCH3 is 1. The maximum Gasteiger partial charge on any atom is 0.325 e. The van der Waals surface area contributed by atoms with E-state index in [-0.39, 0.29) is 5.97 Å². The summed E-state index contributed by atoms with van der Waals surface area (Å²) in [5, 5.41) is 7.49. The van der Waals surface area contributed by atoms with Crippen LogP contribution in [0, 0.1) is 13.8 Å². The fourth-order valence-electron chi connectivity index (χ4n) is 2.03. The van der Waals surface area contributed by atoms with Gasteiger partial charge in [0.2, 0.25) is 0 Å². The van der Waals surface area contributed by atoms with Crippen LogP contribution in [0.15, 0.2) is 4.47 Å². The van der Waals surface area contributed by atoms with Crippen LogP contribution in [-0.2, 0) is 16.1 Å². The number of rotatable bonds is 6. The molecule has 5 nitrogen and oxygen atoms in total. The molecule has 108 valence electrons. The summed E-state index contributed by atoms with van der Waals surface area (Å²) in [6, 6.07) is 0. The van der Waals surface area contributed by atoms with Gasteiger partial charge in [-0.15, -0.1) is 0 Å². The SMILES string of the molecule is CNC(C)(CCCn1nc(C)c(Br)c1C)C(=O)OC. The Morgan fingerprint density at radius 3 is 2.58 bits per heavy atom. The summed E-state index contributed by atoms with van der Waals surface area (Å²) in [4.78, 5) is 11.7. The van der Waals surface area contributed by atoms with Crippen LogP contribution in [0.1, 0.15) is 31.2 Å². The molecule has 1 aromatic heterocycles. The molecule has 1 atom stereocenters. The molecule has 0 amide bonds. The molecule has 1 heterocycles. The van der Waals surface area contributed by atoms with Gasteiger partial charge in [-0.25, -0.2) is 0 Å². The van der Waals surface area contributed by atoms with E-state index in [9.17, 15) is 4.79 Å². The van der Waals surface area contributed by atoms with Gasteiger partial charge in [0, 0.05) is 12.2 Å². The van der Waals surface area contributed by atoms with Crippen LogP contribution in [0.25, 0.3) is 0 Å². The van der Waals surface area contributed by atoms with Gasteiger partial charge in [-0.3, -0.25) is 9.48 Å². The Labute approximate surface area is 122 Å². The molecular formula is C13H22BrN3O2. The van der Waals surface area contributed by atoms with Gasteiger partial charge in [-0.1, -0.05) is 0 Å². The third-order valence-corrected chi connectivity index (χ3v) is 4.68. The third-order valence-electron chi connectivity index (χ3n) is 3.53. The molecule has 0 aliphatic rings. The maximum atomic E-state index is 11.7. The molecule has 19 heavy (non-hydrogen) atoms. The van der Waals surface area contributed by atoms with Crippen molar-refractivity contribution < 1.29 is 9.53 Å². The maximum absolute atomic E-state index is 11.7. The molecule has 0 bridgehead atoms. The second-order valence-electron chi connectivity index (χ2n) is 4.89. The van der Waals surface area contributed by atoms with E-state index in [1.807, 2.05) is 25.5 Å². The van der Waals surface area contributed by atoms with E-state index in [4.69, 9.17) is 4.74 Å². The summed E-state index contributed by atoms with van der Waals surface area (Å²) in [5.41, 5.74) is 1.46. The topological polar surface area (TPSA) is 56.2 Å². The van der Waals surface area contributed by atoms with Gasteiger partial charge in [-0.05, 0) is 56.6 Å². The summed E-state index contributed by atoms with van der Waals surface area (Å²) < 4.78 is 7.84. The highest BCUT2D eigenvalue weighted by Gasteiger charge is 2.31. The molecule has 1 N–H and O–H groups in total. The van der Waals surface area contributed by atoms with Crippen molar-refractivity contribution in [2.45, 2.75) is 45.7 Å². The molecule has 1 unspecified atom stereocenters. The Morgan fingerprint density at radius 1 is 1.53 bits per heavy atom. The average molecular weight is 332 g/mol. The van der Waals surface area contributed by atoms with Crippen molar-refractivity contribution in [2.24, 2.45) is 0 Å². The number of esters is 1. The zero-order valence-corrected chi connectivity index (χ0v) is 13.8. The van der Waals surface area contributed by atoms with E-state index in [2.05, 4.69) is 26.3 Å². The van der Waals surface area contributed by atoms with Crippen molar-refractivity contribution in [1.29, 1.82) is 0 Å². The van der Waals surface area contributed by atoms with Crippen molar-refractivity contribution in [1.82, 2.24) is 15.1 Å². The fourth-order valence-corrected chi connectivity index (χ4v) is 2.31. The molecule has 0 radical (unpaired) electrons. The van der Waals surface area contributed by atoms with Crippen LogP contribution in [0.4, 0.5) is 0 Å². The van der Waals surface area contributed by atoms with E-state index < -0.39 is 5.54 Å². The van der Waals surface area contributed by atoms with Gasteiger partial charge in [0.1, 0.15) is 5.54 Å². The monoisotopic (exact) mass is 331 g/mol. The highest BCUT2D eigenvalue weighted by molar-refractivity contribution is 9.10. The Bertz CT molecular complexity index is 459. The van der Waals surface area contributed by atoms with Crippen LogP contribution in [0.3, 0.4) is 0 Å². The first-order valence-electron chi connectivity index (χ1n) is 6.32. The number of aromatic nitrogens is 2. The molecule has 0 saturated carbocycles. The Kier molecular flexibility index (Phi) is 5.55. The molecule has 0 saturated heterocycles. The Morgan fingerprint density at radius 2 is 2.16 bits per heavy atom. The number of halogens is 1. The van der Waals surface area contributed by atoms with E-state index >= 15 is 0 Å². The second-order valence-corrected chi connectivity index (χ2v) is 5.68. The van der Waals surface area contributed by atoms with Crippen LogP contribution >= 0.6 is 15.9 Å². The minimum absolute atomic E-state index is 0.232. The molecule has 0 aliphatic carbocycles. The van der Waals surface area contributed by atoms with Crippen LogP contribution in [0.2, 0.25) is 0 Å². The lowest BCUT2D eigenvalue weighted by Gasteiger charge is -2.26. The molecular weight excluding hydrogens is 310 g/mol. The molecule has 1 rings (SSSR count). The van der Waals surface area contributed by atoms with Crippen molar-refractivity contribution in [3.8, 4) is 0 Å². The number of hydrogen-bond acceptors (Lipinski definition) is 4. The lowest BCUT2D eigenvalue weighted by Crippen LogP contribution is -2.48. The molecule has 1 aromatic rings. The zero-order valence-electron chi connectivity index (χ0n) is 12.2. The van der Waals surface area contributed by atoms with Crippen LogP contribution in [0.5, 0.6) is 0 Å². The summed E-state index contributed by atoms with van der Waals surface area (Å²) >= 11 is 3.51. The highest BCUT2D eigenvalue weighted by atomic mass is 79.9. The quantitative estimate of drug-likeness (QED) is 0.812. The second kappa shape index (κ2) is 6.52. The van der Waals surface area contributed by atoms with Crippen LogP contribution < -0.4 is 5.32 Å². The minimum Gasteiger partial charge on any atom is -0.468 e. The number of nitrogens with one attached hydrogen (secondary N) is 1. The largest absolute Gasteiger partial charge is 0.468 e. The number of hydrogen-bond donors (Lipinski definition) is 1. The standard InChI is InChI=1S/C13H22BrN3O2/c1-9-11(14)10(2)17(16-9)8-6-7-13(3,15-4)12(18)19-5/h15H,6-8H2,1-5H3. The first-order chi connectivity index (χ1) is 8.85. The van der Waals surface area contributed by atoms with E-state index in [1.54, 1.807) is 7.05 Å². The number of likely N-dealkylation sites (N-methyl/N-ethyl adjacent to an activating group) is 1. The van der Waals surface area contributed by atoms with E-state index in [1.165, 1.54) is 7.11 Å². The van der Waals surface area contributed by atoms with Gasteiger partial charge < -0.3 is 10.1 Å². The number of ether oxygens (including phenoxy) is 1. The zero-order chi connectivity index (χ0) is 14.6.